The topological polar surface area (TPSA) is 96.2 Å². The second-order valence-corrected chi connectivity index (χ2v) is 9.53. The molecule has 1 aromatic rings. The Kier molecular flexibility index (Phi) is 6.72. The van der Waals surface area contributed by atoms with Crippen molar-refractivity contribution in [1.29, 1.82) is 0 Å². The fourth-order valence-corrected chi connectivity index (χ4v) is 4.73. The van der Waals surface area contributed by atoms with Crippen LogP contribution in [0.2, 0.25) is 0 Å². The molecule has 7 unspecified atom stereocenters. The van der Waals surface area contributed by atoms with E-state index in [-0.39, 0.29) is 31.1 Å². The summed E-state index contributed by atoms with van der Waals surface area (Å²) in [6, 6.07) is 9.47. The molecule has 3 N–H and O–H groups in total. The molecule has 166 valence electrons. The van der Waals surface area contributed by atoms with Crippen molar-refractivity contribution in [3.8, 4) is 0 Å². The van der Waals surface area contributed by atoms with Crippen molar-refractivity contribution in [3.05, 3.63) is 42.0 Å². The molecule has 6 nitrogen and oxygen atoms in total. The molecule has 0 radical (unpaired) electrons. The second-order valence-electron chi connectivity index (χ2n) is 9.53. The maximum atomic E-state index is 12.6. The lowest BCUT2D eigenvalue weighted by Gasteiger charge is -2.37. The number of aliphatic hydroxyl groups is 3. The van der Waals surface area contributed by atoms with Gasteiger partial charge in [-0.2, -0.15) is 0 Å². The van der Waals surface area contributed by atoms with E-state index in [4.69, 9.17) is 9.47 Å². The van der Waals surface area contributed by atoms with Crippen molar-refractivity contribution in [1.82, 2.24) is 0 Å². The third-order valence-electron chi connectivity index (χ3n) is 6.53. The summed E-state index contributed by atoms with van der Waals surface area (Å²) in [6.07, 6.45) is 0.948. The summed E-state index contributed by atoms with van der Waals surface area (Å²) in [4.78, 5) is 12.6. The number of ether oxygens (including phenoxy) is 2. The van der Waals surface area contributed by atoms with Crippen LogP contribution in [0.25, 0.3) is 6.08 Å². The minimum Gasteiger partial charge on any atom is -0.456 e. The van der Waals surface area contributed by atoms with E-state index >= 15 is 0 Å². The number of hydrogen-bond donors (Lipinski definition) is 3. The lowest BCUT2D eigenvalue weighted by molar-refractivity contribution is -0.161. The molecule has 1 aromatic carbocycles. The van der Waals surface area contributed by atoms with Crippen molar-refractivity contribution in [2.75, 3.05) is 0 Å². The molecule has 6 heteroatoms. The van der Waals surface area contributed by atoms with Gasteiger partial charge in [-0.05, 0) is 44.2 Å². The Morgan fingerprint density at radius 1 is 1.20 bits per heavy atom. The van der Waals surface area contributed by atoms with Crippen LogP contribution in [-0.4, -0.2) is 56.9 Å². The van der Waals surface area contributed by atoms with Gasteiger partial charge in [0, 0.05) is 18.4 Å². The third-order valence-corrected chi connectivity index (χ3v) is 6.53. The summed E-state index contributed by atoms with van der Waals surface area (Å²) in [7, 11) is 0. The number of rotatable bonds is 4. The molecule has 2 heterocycles. The van der Waals surface area contributed by atoms with Gasteiger partial charge in [-0.1, -0.05) is 44.2 Å². The first-order valence-electron chi connectivity index (χ1n) is 10.7. The number of carbonyl (C=O) groups excluding carboxylic acids is 1. The van der Waals surface area contributed by atoms with Crippen LogP contribution in [0.1, 0.15) is 52.5 Å². The largest absolute Gasteiger partial charge is 0.456 e. The molecule has 0 aromatic heterocycles. The Bertz CT molecular complexity index is 754. The number of benzene rings is 1. The highest BCUT2D eigenvalue weighted by molar-refractivity contribution is 5.87. The molecule has 0 spiro atoms. The molecular formula is C24H34O6. The van der Waals surface area contributed by atoms with Gasteiger partial charge in [-0.3, -0.25) is 0 Å². The summed E-state index contributed by atoms with van der Waals surface area (Å²) in [5, 5.41) is 32.4. The second kappa shape index (κ2) is 8.79. The average molecular weight is 419 g/mol. The fourth-order valence-electron chi connectivity index (χ4n) is 4.73. The number of carbonyl (C=O) groups is 1. The van der Waals surface area contributed by atoms with Crippen LogP contribution in [0.15, 0.2) is 36.4 Å². The SMILES string of the molecule is CC(C)C1C2CC(C)(O)C(O)CCC(C)(O)C(O2)C1OC(=O)/C=C/c1ccccc1. The summed E-state index contributed by atoms with van der Waals surface area (Å²) in [5.74, 6) is -0.630. The molecule has 2 aliphatic rings. The van der Waals surface area contributed by atoms with E-state index in [1.807, 2.05) is 44.2 Å². The normalized spacial score (nSPS) is 39.5. The van der Waals surface area contributed by atoms with Crippen molar-refractivity contribution >= 4 is 12.0 Å². The van der Waals surface area contributed by atoms with Crippen LogP contribution >= 0.6 is 0 Å². The van der Waals surface area contributed by atoms with E-state index in [0.717, 1.165) is 5.56 Å². The first-order chi connectivity index (χ1) is 14.0. The van der Waals surface area contributed by atoms with E-state index in [9.17, 15) is 20.1 Å². The fraction of sp³-hybridized carbons (Fsp3) is 0.625. The van der Waals surface area contributed by atoms with Crippen LogP contribution in [0.5, 0.6) is 0 Å². The third kappa shape index (κ3) is 4.94. The van der Waals surface area contributed by atoms with Gasteiger partial charge in [0.1, 0.15) is 12.2 Å². The molecule has 7 atom stereocenters. The van der Waals surface area contributed by atoms with E-state index in [1.54, 1.807) is 19.9 Å². The van der Waals surface area contributed by atoms with E-state index < -0.39 is 41.6 Å². The lowest BCUT2D eigenvalue weighted by atomic mass is 9.75. The van der Waals surface area contributed by atoms with Crippen LogP contribution < -0.4 is 0 Å². The molecule has 0 amide bonds. The zero-order chi connectivity index (χ0) is 22.1. The highest BCUT2D eigenvalue weighted by atomic mass is 16.6. The first-order valence-corrected chi connectivity index (χ1v) is 10.7. The summed E-state index contributed by atoms with van der Waals surface area (Å²) >= 11 is 0. The van der Waals surface area contributed by atoms with E-state index in [1.165, 1.54) is 6.08 Å². The van der Waals surface area contributed by atoms with Gasteiger partial charge in [0.25, 0.3) is 0 Å². The molecule has 2 aliphatic heterocycles. The minimum absolute atomic E-state index is 0.0825. The minimum atomic E-state index is -1.35. The molecule has 30 heavy (non-hydrogen) atoms. The Hall–Kier alpha value is -1.73. The van der Waals surface area contributed by atoms with E-state index in [0.29, 0.717) is 0 Å². The molecule has 0 aliphatic carbocycles. The standard InChI is InChI=1S/C24H34O6/c1-15(2)20-17-14-24(4,28)18(25)12-13-23(3,27)22(29-17)21(20)30-19(26)11-10-16-8-6-5-7-9-16/h5-11,15,17-18,20-22,25,27-28H,12-14H2,1-4H3/b11-10+. The number of esters is 1. The highest BCUT2D eigenvalue weighted by Crippen LogP contribution is 2.45. The van der Waals surface area contributed by atoms with Gasteiger partial charge in [-0.25, -0.2) is 4.79 Å². The first kappa shape index (κ1) is 22.9. The van der Waals surface area contributed by atoms with Crippen molar-refractivity contribution in [3.63, 3.8) is 0 Å². The van der Waals surface area contributed by atoms with Gasteiger partial charge in [0.05, 0.1) is 23.4 Å². The Balaban J connectivity index is 1.86. The number of fused-ring (bicyclic) bond motifs is 2. The maximum absolute atomic E-state index is 12.6. The van der Waals surface area contributed by atoms with Gasteiger partial charge in [0.2, 0.25) is 0 Å². The quantitative estimate of drug-likeness (QED) is 0.514. The molecule has 3 rings (SSSR count). The molecule has 2 bridgehead atoms. The van der Waals surface area contributed by atoms with Crippen molar-refractivity contribution in [2.45, 2.75) is 82.6 Å². The monoisotopic (exact) mass is 418 g/mol. The Morgan fingerprint density at radius 2 is 1.87 bits per heavy atom. The molecule has 0 saturated carbocycles. The van der Waals surface area contributed by atoms with Crippen LogP contribution in [-0.2, 0) is 14.3 Å². The summed E-state index contributed by atoms with van der Waals surface area (Å²) in [6.45, 7) is 7.26. The zero-order valence-electron chi connectivity index (χ0n) is 18.2. The average Bonchev–Trinajstić information content (AvgIpc) is 3.03. The predicted molar refractivity (Wildman–Crippen MR) is 113 cm³/mol. The Labute approximate surface area is 178 Å². The van der Waals surface area contributed by atoms with Gasteiger partial charge < -0.3 is 24.8 Å². The lowest BCUT2D eigenvalue weighted by Crippen LogP contribution is -2.50. The molecule has 2 fully saturated rings. The van der Waals surface area contributed by atoms with Crippen LogP contribution in [0, 0.1) is 11.8 Å². The molecular weight excluding hydrogens is 384 g/mol. The number of aliphatic hydroxyl groups excluding tert-OH is 1. The number of hydrogen-bond acceptors (Lipinski definition) is 6. The van der Waals surface area contributed by atoms with Crippen LogP contribution in [0.4, 0.5) is 0 Å². The van der Waals surface area contributed by atoms with Gasteiger partial charge in [0.15, 0.2) is 0 Å². The van der Waals surface area contributed by atoms with Crippen molar-refractivity contribution < 1.29 is 29.6 Å². The van der Waals surface area contributed by atoms with Crippen LogP contribution in [0.3, 0.4) is 0 Å². The zero-order valence-corrected chi connectivity index (χ0v) is 18.2. The van der Waals surface area contributed by atoms with Gasteiger partial charge in [-0.15, -0.1) is 0 Å². The summed E-state index contributed by atoms with van der Waals surface area (Å²) < 4.78 is 12.1. The predicted octanol–water partition coefficient (Wildman–Crippen LogP) is 2.70. The summed E-state index contributed by atoms with van der Waals surface area (Å²) in [5.41, 5.74) is -1.77. The molecule has 2 saturated heterocycles. The van der Waals surface area contributed by atoms with E-state index in [2.05, 4.69) is 0 Å². The smallest absolute Gasteiger partial charge is 0.331 e. The highest BCUT2D eigenvalue weighted by Gasteiger charge is 2.57. The van der Waals surface area contributed by atoms with Gasteiger partial charge >= 0.3 is 5.97 Å². The maximum Gasteiger partial charge on any atom is 0.331 e. The Morgan fingerprint density at radius 3 is 2.50 bits per heavy atom. The van der Waals surface area contributed by atoms with Crippen molar-refractivity contribution in [2.24, 2.45) is 11.8 Å².